The van der Waals surface area contributed by atoms with E-state index in [2.05, 4.69) is 15.4 Å². The molecule has 0 radical (unpaired) electrons. The van der Waals surface area contributed by atoms with Gasteiger partial charge in [-0.05, 0) is 42.2 Å². The zero-order valence-electron chi connectivity index (χ0n) is 16.7. The zero-order valence-corrected chi connectivity index (χ0v) is 17.4. The van der Waals surface area contributed by atoms with Gasteiger partial charge in [-0.15, -0.1) is 0 Å². The number of carbonyl (C=O) groups is 2. The van der Waals surface area contributed by atoms with E-state index < -0.39 is 11.5 Å². The standard InChI is InChI=1S/C22H21ClN4O3/c1-22(2)8-18-16(19(28)9-22)7-17(21(30)26-18)20(29)24-10-13-11-25-27(12-13)15-5-3-14(23)4-6-15/h3-7,11-12H,8-10H2,1-2H3,(H,24,29)(H,26,30). The number of halogens is 1. The van der Waals surface area contributed by atoms with Gasteiger partial charge in [0.2, 0.25) is 0 Å². The minimum atomic E-state index is -0.532. The quantitative estimate of drug-likeness (QED) is 0.671. The fourth-order valence-corrected chi connectivity index (χ4v) is 3.79. The largest absolute Gasteiger partial charge is 0.348 e. The molecule has 7 nitrogen and oxygen atoms in total. The topological polar surface area (TPSA) is 96.8 Å². The number of ketones is 1. The van der Waals surface area contributed by atoms with Crippen LogP contribution in [0.2, 0.25) is 5.02 Å². The Labute approximate surface area is 178 Å². The average Bonchev–Trinajstić information content (AvgIpc) is 3.14. The van der Waals surface area contributed by atoms with E-state index in [4.69, 9.17) is 11.6 Å². The first-order valence-electron chi connectivity index (χ1n) is 9.59. The van der Waals surface area contributed by atoms with E-state index in [0.717, 1.165) is 11.3 Å². The van der Waals surface area contributed by atoms with Crippen LogP contribution in [-0.4, -0.2) is 26.5 Å². The lowest BCUT2D eigenvalue weighted by atomic mass is 9.75. The van der Waals surface area contributed by atoms with E-state index >= 15 is 0 Å². The summed E-state index contributed by atoms with van der Waals surface area (Å²) >= 11 is 5.90. The molecule has 30 heavy (non-hydrogen) atoms. The molecule has 1 amide bonds. The summed E-state index contributed by atoms with van der Waals surface area (Å²) in [5, 5.41) is 7.63. The van der Waals surface area contributed by atoms with Gasteiger partial charge in [0, 0.05) is 41.0 Å². The maximum atomic E-state index is 12.6. The second-order valence-corrected chi connectivity index (χ2v) is 8.73. The number of nitrogens with zero attached hydrogens (tertiary/aromatic N) is 2. The van der Waals surface area contributed by atoms with Gasteiger partial charge in [0.15, 0.2) is 5.78 Å². The predicted octanol–water partition coefficient (Wildman–Crippen LogP) is 3.30. The van der Waals surface area contributed by atoms with Crippen molar-refractivity contribution >= 4 is 23.3 Å². The monoisotopic (exact) mass is 424 g/mol. The molecule has 0 atom stereocenters. The van der Waals surface area contributed by atoms with Gasteiger partial charge in [0.1, 0.15) is 5.56 Å². The lowest BCUT2D eigenvalue weighted by molar-refractivity contribution is 0.0910. The van der Waals surface area contributed by atoms with Crippen LogP contribution < -0.4 is 10.9 Å². The second-order valence-electron chi connectivity index (χ2n) is 8.30. The van der Waals surface area contributed by atoms with E-state index in [1.165, 1.54) is 6.07 Å². The summed E-state index contributed by atoms with van der Waals surface area (Å²) in [5.74, 6) is -0.591. The summed E-state index contributed by atoms with van der Waals surface area (Å²) < 4.78 is 1.67. The number of hydrogen-bond acceptors (Lipinski definition) is 4. The van der Waals surface area contributed by atoms with Crippen molar-refractivity contribution in [3.8, 4) is 5.69 Å². The lowest BCUT2D eigenvalue weighted by Gasteiger charge is -2.29. The molecule has 0 saturated heterocycles. The molecule has 0 unspecified atom stereocenters. The van der Waals surface area contributed by atoms with Crippen molar-refractivity contribution in [3.63, 3.8) is 0 Å². The van der Waals surface area contributed by atoms with Gasteiger partial charge in [-0.2, -0.15) is 5.10 Å². The number of nitrogens with one attached hydrogen (secondary N) is 2. The Bertz CT molecular complexity index is 1190. The maximum Gasteiger partial charge on any atom is 0.261 e. The molecule has 0 fully saturated rings. The van der Waals surface area contributed by atoms with E-state index in [0.29, 0.717) is 29.1 Å². The summed E-state index contributed by atoms with van der Waals surface area (Å²) in [6.07, 6.45) is 4.40. The Morgan fingerprint density at radius 1 is 1.23 bits per heavy atom. The number of aromatic nitrogens is 3. The van der Waals surface area contributed by atoms with Crippen LogP contribution in [0.3, 0.4) is 0 Å². The van der Waals surface area contributed by atoms with Crippen molar-refractivity contribution in [3.05, 3.63) is 80.5 Å². The van der Waals surface area contributed by atoms with Gasteiger partial charge in [-0.3, -0.25) is 14.4 Å². The smallest absolute Gasteiger partial charge is 0.261 e. The van der Waals surface area contributed by atoms with Crippen molar-refractivity contribution < 1.29 is 9.59 Å². The van der Waals surface area contributed by atoms with Crippen molar-refractivity contribution in [1.82, 2.24) is 20.1 Å². The summed E-state index contributed by atoms with van der Waals surface area (Å²) in [4.78, 5) is 40.2. The number of Topliss-reactive ketones (excluding diaryl/α,β-unsaturated/α-hetero) is 1. The van der Waals surface area contributed by atoms with Crippen LogP contribution in [0.15, 0.2) is 47.5 Å². The molecule has 3 aromatic rings. The van der Waals surface area contributed by atoms with Crippen molar-refractivity contribution in [2.75, 3.05) is 0 Å². The molecule has 2 N–H and O–H groups in total. The Hall–Kier alpha value is -3.19. The Kier molecular flexibility index (Phi) is 5.07. The number of rotatable bonds is 4. The molecule has 0 bridgehead atoms. The molecule has 2 aromatic heterocycles. The van der Waals surface area contributed by atoms with Gasteiger partial charge >= 0.3 is 0 Å². The summed E-state index contributed by atoms with van der Waals surface area (Å²) in [6, 6.07) is 8.62. The Balaban J connectivity index is 1.49. The Morgan fingerprint density at radius 2 is 1.97 bits per heavy atom. The number of benzene rings is 1. The molecule has 1 aromatic carbocycles. The molecule has 4 rings (SSSR count). The highest BCUT2D eigenvalue weighted by molar-refractivity contribution is 6.30. The summed E-state index contributed by atoms with van der Waals surface area (Å²) in [7, 11) is 0. The third-order valence-corrected chi connectivity index (χ3v) is 5.39. The molecule has 0 aliphatic heterocycles. The van der Waals surface area contributed by atoms with E-state index in [9.17, 15) is 14.4 Å². The first-order chi connectivity index (χ1) is 14.2. The molecule has 154 valence electrons. The number of carbonyl (C=O) groups excluding carboxylic acids is 2. The molecule has 1 aliphatic rings. The summed E-state index contributed by atoms with van der Waals surface area (Å²) in [6.45, 7) is 4.16. The van der Waals surface area contributed by atoms with Crippen LogP contribution >= 0.6 is 11.6 Å². The minimum Gasteiger partial charge on any atom is -0.348 e. The van der Waals surface area contributed by atoms with Crippen LogP contribution in [0.25, 0.3) is 5.69 Å². The van der Waals surface area contributed by atoms with Crippen LogP contribution in [-0.2, 0) is 13.0 Å². The lowest BCUT2D eigenvalue weighted by Crippen LogP contribution is -2.34. The molecular formula is C22H21ClN4O3. The highest BCUT2D eigenvalue weighted by atomic mass is 35.5. The van der Waals surface area contributed by atoms with Gasteiger partial charge in [0.05, 0.1) is 11.9 Å². The predicted molar refractivity (Wildman–Crippen MR) is 113 cm³/mol. The molecule has 2 heterocycles. The van der Waals surface area contributed by atoms with Gasteiger partial charge in [0.25, 0.3) is 11.5 Å². The van der Waals surface area contributed by atoms with Crippen LogP contribution in [0.1, 0.15) is 52.2 Å². The number of H-pyrrole nitrogens is 1. The third-order valence-electron chi connectivity index (χ3n) is 5.14. The SMILES string of the molecule is CC1(C)CC(=O)c2cc(C(=O)NCc3cnn(-c4ccc(Cl)cc4)c3)c(=O)[nH]c2C1. The average molecular weight is 425 g/mol. The van der Waals surface area contributed by atoms with Crippen LogP contribution in [0.5, 0.6) is 0 Å². The van der Waals surface area contributed by atoms with Crippen LogP contribution in [0, 0.1) is 5.41 Å². The highest BCUT2D eigenvalue weighted by Gasteiger charge is 2.32. The second kappa shape index (κ2) is 7.57. The Morgan fingerprint density at radius 3 is 2.70 bits per heavy atom. The molecule has 0 saturated carbocycles. The van der Waals surface area contributed by atoms with Gasteiger partial charge < -0.3 is 10.3 Å². The third kappa shape index (κ3) is 4.07. The van der Waals surface area contributed by atoms with E-state index in [1.54, 1.807) is 29.2 Å². The molecule has 8 heteroatoms. The van der Waals surface area contributed by atoms with Gasteiger partial charge in [-0.1, -0.05) is 25.4 Å². The van der Waals surface area contributed by atoms with Gasteiger partial charge in [-0.25, -0.2) is 4.68 Å². The van der Waals surface area contributed by atoms with Crippen molar-refractivity contribution in [2.45, 2.75) is 33.2 Å². The van der Waals surface area contributed by atoms with Crippen LogP contribution in [0.4, 0.5) is 0 Å². The number of fused-ring (bicyclic) bond motifs is 1. The van der Waals surface area contributed by atoms with Crippen molar-refractivity contribution in [1.29, 1.82) is 0 Å². The maximum absolute atomic E-state index is 12.6. The normalized spacial score (nSPS) is 15.0. The first-order valence-corrected chi connectivity index (χ1v) is 9.97. The fraction of sp³-hybridized carbons (Fsp3) is 0.273. The summed E-state index contributed by atoms with van der Waals surface area (Å²) in [5.41, 5.74) is 1.87. The van der Waals surface area contributed by atoms with E-state index in [-0.39, 0.29) is 23.3 Å². The number of amides is 1. The highest BCUT2D eigenvalue weighted by Crippen LogP contribution is 2.33. The molecule has 1 aliphatic carbocycles. The number of aromatic amines is 1. The minimum absolute atomic E-state index is 0.0595. The number of pyridine rings is 1. The van der Waals surface area contributed by atoms with E-state index in [1.807, 2.05) is 26.0 Å². The fourth-order valence-electron chi connectivity index (χ4n) is 3.66. The molecular weight excluding hydrogens is 404 g/mol. The first kappa shape index (κ1) is 20.1. The molecule has 0 spiro atoms. The number of hydrogen-bond donors (Lipinski definition) is 2. The zero-order chi connectivity index (χ0) is 21.5. The van der Waals surface area contributed by atoms with Crippen molar-refractivity contribution in [2.24, 2.45) is 5.41 Å².